The summed E-state index contributed by atoms with van der Waals surface area (Å²) in [5.74, 6) is -0.286. The first-order chi connectivity index (χ1) is 13.9. The Morgan fingerprint density at radius 2 is 1.79 bits per heavy atom. The first-order valence-electron chi connectivity index (χ1n) is 9.68. The molecule has 1 aliphatic rings. The predicted molar refractivity (Wildman–Crippen MR) is 116 cm³/mol. The Balaban J connectivity index is 1.66. The van der Waals surface area contributed by atoms with Gasteiger partial charge in [0, 0.05) is 16.7 Å². The van der Waals surface area contributed by atoms with Gasteiger partial charge < -0.3 is 5.32 Å². The molecule has 29 heavy (non-hydrogen) atoms. The first kappa shape index (κ1) is 19.9. The lowest BCUT2D eigenvalue weighted by Gasteiger charge is -2.22. The Bertz CT molecular complexity index is 1130. The highest BCUT2D eigenvalue weighted by atomic mass is 32.2. The number of nitrogens with one attached hydrogen (secondary N) is 1. The van der Waals surface area contributed by atoms with Crippen LogP contribution in [0.4, 0.5) is 0 Å². The van der Waals surface area contributed by atoms with Gasteiger partial charge in [0.25, 0.3) is 5.91 Å². The number of amides is 1. The summed E-state index contributed by atoms with van der Waals surface area (Å²) in [5.41, 5.74) is 4.16. The summed E-state index contributed by atoms with van der Waals surface area (Å²) < 4.78 is 23.7. The Hall–Kier alpha value is -2.44. The number of rotatable bonds is 5. The molecule has 0 spiro atoms. The number of carbonyl (C=O) groups is 1. The number of benzene rings is 2. The molecule has 1 atom stereocenters. The van der Waals surface area contributed by atoms with E-state index in [1.165, 1.54) is 36.1 Å². The minimum Gasteiger partial charge on any atom is -0.340 e. The van der Waals surface area contributed by atoms with Gasteiger partial charge >= 0.3 is 0 Å². The molecule has 0 radical (unpaired) electrons. The van der Waals surface area contributed by atoms with E-state index in [1.54, 1.807) is 23.5 Å². The van der Waals surface area contributed by atoms with Crippen LogP contribution in [0.1, 0.15) is 50.8 Å². The topological polar surface area (TPSA) is 63.2 Å². The third kappa shape index (κ3) is 4.43. The van der Waals surface area contributed by atoms with Crippen molar-refractivity contribution in [2.75, 3.05) is 6.26 Å². The summed E-state index contributed by atoms with van der Waals surface area (Å²) in [4.78, 5) is 14.2. The summed E-state index contributed by atoms with van der Waals surface area (Å²) in [6, 6.07) is 16.4. The quantitative estimate of drug-likeness (QED) is 0.652. The van der Waals surface area contributed by atoms with Gasteiger partial charge in [0.1, 0.15) is 0 Å². The molecular formula is C23H23NO3S2. The fraction of sp³-hybridized carbons (Fsp3) is 0.261. The van der Waals surface area contributed by atoms with Crippen LogP contribution in [0.3, 0.4) is 0 Å². The second kappa shape index (κ2) is 8.13. The average Bonchev–Trinajstić information content (AvgIpc) is 3.25. The lowest BCUT2D eigenvalue weighted by atomic mass is 9.89. The average molecular weight is 426 g/mol. The Kier molecular flexibility index (Phi) is 5.56. The third-order valence-corrected chi connectivity index (χ3v) is 7.38. The van der Waals surface area contributed by atoms with Gasteiger partial charge in [-0.25, -0.2) is 8.42 Å². The predicted octanol–water partition coefficient (Wildman–Crippen LogP) is 4.55. The Morgan fingerprint density at radius 1 is 1.00 bits per heavy atom. The normalized spacial score (nSPS) is 14.8. The van der Waals surface area contributed by atoms with Crippen LogP contribution < -0.4 is 5.32 Å². The molecule has 0 bridgehead atoms. The summed E-state index contributed by atoms with van der Waals surface area (Å²) in [6.07, 6.45) is 5.76. The molecule has 2 aromatic carbocycles. The maximum Gasteiger partial charge on any atom is 0.252 e. The maximum atomic E-state index is 13.0. The van der Waals surface area contributed by atoms with E-state index in [1.807, 2.05) is 17.5 Å². The largest absolute Gasteiger partial charge is 0.340 e. The molecule has 1 amide bonds. The summed E-state index contributed by atoms with van der Waals surface area (Å²) in [7, 11) is -3.37. The van der Waals surface area contributed by atoms with E-state index in [-0.39, 0.29) is 16.8 Å². The molecule has 1 aliphatic carbocycles. The molecule has 0 unspecified atom stereocenters. The van der Waals surface area contributed by atoms with Gasteiger partial charge in [0.15, 0.2) is 9.84 Å². The van der Waals surface area contributed by atoms with Crippen LogP contribution in [0.2, 0.25) is 0 Å². The van der Waals surface area contributed by atoms with Crippen LogP contribution in [0, 0.1) is 0 Å². The van der Waals surface area contributed by atoms with Crippen molar-refractivity contribution < 1.29 is 13.2 Å². The van der Waals surface area contributed by atoms with Crippen molar-refractivity contribution >= 4 is 27.1 Å². The van der Waals surface area contributed by atoms with Crippen molar-refractivity contribution in [3.63, 3.8) is 0 Å². The molecule has 150 valence electrons. The molecule has 3 aromatic rings. The van der Waals surface area contributed by atoms with Crippen molar-refractivity contribution in [2.45, 2.75) is 36.6 Å². The van der Waals surface area contributed by atoms with E-state index in [2.05, 4.69) is 23.5 Å². The van der Waals surface area contributed by atoms with Crippen LogP contribution in [-0.2, 0) is 22.7 Å². The highest BCUT2D eigenvalue weighted by Gasteiger charge is 2.21. The number of carbonyl (C=O) groups excluding carboxylic acids is 1. The molecule has 6 heteroatoms. The number of sulfone groups is 1. The van der Waals surface area contributed by atoms with Crippen LogP contribution in [0.5, 0.6) is 0 Å². The third-order valence-electron chi connectivity index (χ3n) is 5.33. The zero-order chi connectivity index (χ0) is 20.4. The van der Waals surface area contributed by atoms with E-state index in [4.69, 9.17) is 0 Å². The summed E-state index contributed by atoms with van der Waals surface area (Å²) in [5, 5.41) is 5.11. The van der Waals surface area contributed by atoms with Gasteiger partial charge in [-0.2, -0.15) is 0 Å². The number of aryl methyl sites for hydroxylation is 2. The fourth-order valence-corrected chi connectivity index (χ4v) is 5.26. The number of hydrogen-bond acceptors (Lipinski definition) is 4. The van der Waals surface area contributed by atoms with E-state index >= 15 is 0 Å². The second-order valence-electron chi connectivity index (χ2n) is 7.46. The van der Waals surface area contributed by atoms with Gasteiger partial charge in [-0.1, -0.05) is 30.3 Å². The van der Waals surface area contributed by atoms with Gasteiger partial charge in [-0.3, -0.25) is 4.79 Å². The molecule has 0 saturated heterocycles. The minimum absolute atomic E-state index is 0.145. The second-order valence-corrected chi connectivity index (χ2v) is 10.5. The molecule has 4 nitrogen and oxygen atoms in total. The molecule has 1 N–H and O–H groups in total. The van der Waals surface area contributed by atoms with Crippen molar-refractivity contribution in [2.24, 2.45) is 0 Å². The highest BCUT2D eigenvalue weighted by molar-refractivity contribution is 7.90. The van der Waals surface area contributed by atoms with E-state index in [0.29, 0.717) is 5.56 Å². The standard InChI is InChI=1S/C23H23NO3S2/c1-29(26,27)20-9-4-8-19(15-20)23(25)24-22(21-10-5-13-28-21)18-12-11-16-6-2-3-7-17(16)14-18/h4-5,8-15,22H,2-3,6-7H2,1H3,(H,24,25)/t22-/m0/s1. The maximum absolute atomic E-state index is 13.0. The fourth-order valence-electron chi connectivity index (χ4n) is 3.79. The summed E-state index contributed by atoms with van der Waals surface area (Å²) >= 11 is 1.60. The Labute approximate surface area is 175 Å². The van der Waals surface area contributed by atoms with Crippen molar-refractivity contribution in [1.29, 1.82) is 0 Å². The van der Waals surface area contributed by atoms with Gasteiger partial charge in [-0.15, -0.1) is 11.3 Å². The van der Waals surface area contributed by atoms with Crippen molar-refractivity contribution in [3.05, 3.63) is 87.1 Å². The molecule has 0 fully saturated rings. The van der Waals surface area contributed by atoms with Gasteiger partial charge in [-0.05, 0) is 72.0 Å². The van der Waals surface area contributed by atoms with Gasteiger partial charge in [0.05, 0.1) is 10.9 Å². The molecule has 1 heterocycles. The zero-order valence-corrected chi connectivity index (χ0v) is 17.9. The van der Waals surface area contributed by atoms with Crippen LogP contribution in [0.25, 0.3) is 0 Å². The molecular weight excluding hydrogens is 402 g/mol. The van der Waals surface area contributed by atoms with Crippen molar-refractivity contribution in [1.82, 2.24) is 5.32 Å². The van der Waals surface area contributed by atoms with Crippen LogP contribution >= 0.6 is 11.3 Å². The first-order valence-corrected chi connectivity index (χ1v) is 12.4. The number of thiophene rings is 1. The zero-order valence-electron chi connectivity index (χ0n) is 16.2. The number of fused-ring (bicyclic) bond motifs is 1. The monoisotopic (exact) mass is 425 g/mol. The lowest BCUT2D eigenvalue weighted by molar-refractivity contribution is 0.0943. The van der Waals surface area contributed by atoms with E-state index in [0.717, 1.165) is 29.5 Å². The van der Waals surface area contributed by atoms with Crippen LogP contribution in [0.15, 0.2) is 64.9 Å². The highest BCUT2D eigenvalue weighted by Crippen LogP contribution is 2.30. The van der Waals surface area contributed by atoms with Gasteiger partial charge in [0.2, 0.25) is 0 Å². The minimum atomic E-state index is -3.37. The molecule has 1 aromatic heterocycles. The smallest absolute Gasteiger partial charge is 0.252 e. The molecule has 0 aliphatic heterocycles. The van der Waals surface area contributed by atoms with E-state index < -0.39 is 9.84 Å². The van der Waals surface area contributed by atoms with Crippen LogP contribution in [-0.4, -0.2) is 20.6 Å². The SMILES string of the molecule is CS(=O)(=O)c1cccc(C(=O)N[C@@H](c2ccc3c(c2)CCCC3)c2cccs2)c1. The van der Waals surface area contributed by atoms with Crippen molar-refractivity contribution in [3.8, 4) is 0 Å². The molecule has 4 rings (SSSR count). The summed E-state index contributed by atoms with van der Waals surface area (Å²) in [6.45, 7) is 0. The Morgan fingerprint density at radius 3 is 2.52 bits per heavy atom. The molecule has 0 saturated carbocycles. The number of hydrogen-bond donors (Lipinski definition) is 1. The van der Waals surface area contributed by atoms with E-state index in [9.17, 15) is 13.2 Å². The lowest BCUT2D eigenvalue weighted by Crippen LogP contribution is -2.29.